The molecule has 0 spiro atoms. The third-order valence-corrected chi connectivity index (χ3v) is 4.77. The lowest BCUT2D eigenvalue weighted by atomic mass is 9.87. The van der Waals surface area contributed by atoms with Crippen molar-refractivity contribution >= 4 is 39.1 Å². The van der Waals surface area contributed by atoms with Gasteiger partial charge in [-0.15, -0.1) is 0 Å². The smallest absolute Gasteiger partial charge is 0.355 e. The van der Waals surface area contributed by atoms with Crippen LogP contribution in [0.2, 0.25) is 0 Å². The first-order valence-electron chi connectivity index (χ1n) is 8.38. The summed E-state index contributed by atoms with van der Waals surface area (Å²) in [6, 6.07) is 16.8. The van der Waals surface area contributed by atoms with E-state index in [1.165, 1.54) is 6.92 Å². The van der Waals surface area contributed by atoms with Gasteiger partial charge in [-0.1, -0.05) is 46.3 Å². The fraction of sp³-hybridized carbons (Fsp3) is 0.250. The molecule has 0 radical (unpaired) electrons. The monoisotopic (exact) mass is 414 g/mol. The molecule has 6 heteroatoms. The second-order valence-electron chi connectivity index (χ2n) is 5.97. The molecule has 3 rings (SSSR count). The highest BCUT2D eigenvalue weighted by atomic mass is 79.9. The van der Waals surface area contributed by atoms with E-state index < -0.39 is 17.9 Å². The highest BCUT2D eigenvalue weighted by Crippen LogP contribution is 2.40. The Hall–Kier alpha value is -2.47. The van der Waals surface area contributed by atoms with Gasteiger partial charge in [-0.25, -0.2) is 4.79 Å². The van der Waals surface area contributed by atoms with Crippen LogP contribution in [0, 0.1) is 5.92 Å². The first-order valence-corrected chi connectivity index (χ1v) is 9.18. The van der Waals surface area contributed by atoms with Gasteiger partial charge >= 0.3 is 5.97 Å². The average Bonchev–Trinajstić information content (AvgIpc) is 3.04. The van der Waals surface area contributed by atoms with Crippen molar-refractivity contribution in [1.29, 1.82) is 0 Å². The van der Waals surface area contributed by atoms with Gasteiger partial charge in [0, 0.05) is 4.47 Å². The first kappa shape index (κ1) is 18.3. The number of Topliss-reactive ketones (excluding diaryl/α,β-unsaturated/α-hetero) is 1. The number of rotatable bonds is 5. The van der Waals surface area contributed by atoms with Crippen molar-refractivity contribution in [3.8, 4) is 0 Å². The Labute approximate surface area is 160 Å². The molecule has 0 amide bonds. The summed E-state index contributed by atoms with van der Waals surface area (Å²) in [5, 5.41) is 6.24. The van der Waals surface area contributed by atoms with Crippen LogP contribution < -0.4 is 5.01 Å². The van der Waals surface area contributed by atoms with Gasteiger partial charge in [0.1, 0.15) is 5.78 Å². The minimum atomic E-state index is -0.680. The number of hydrazone groups is 1. The van der Waals surface area contributed by atoms with Gasteiger partial charge in [0.25, 0.3) is 0 Å². The average molecular weight is 415 g/mol. The van der Waals surface area contributed by atoms with E-state index >= 15 is 0 Å². The van der Waals surface area contributed by atoms with Crippen LogP contribution in [0.15, 0.2) is 64.2 Å². The standard InChI is InChI=1S/C20H19BrN2O3/c1-3-26-20(25)18-17(13(2)24)19(14-7-5-4-6-8-14)23(22-18)16-11-9-15(21)10-12-16/h4-12,17,19H,3H2,1-2H3. The van der Waals surface area contributed by atoms with Crippen LogP contribution in [0.1, 0.15) is 25.5 Å². The van der Waals surface area contributed by atoms with Crippen LogP contribution in [0.3, 0.4) is 0 Å². The third kappa shape index (κ3) is 3.55. The predicted octanol–water partition coefficient (Wildman–Crippen LogP) is 4.13. The molecular weight excluding hydrogens is 396 g/mol. The Morgan fingerprint density at radius 2 is 1.77 bits per heavy atom. The molecule has 1 heterocycles. The maximum absolute atomic E-state index is 12.5. The van der Waals surface area contributed by atoms with Crippen molar-refractivity contribution in [2.45, 2.75) is 19.9 Å². The van der Waals surface area contributed by atoms with E-state index in [9.17, 15) is 9.59 Å². The van der Waals surface area contributed by atoms with Crippen LogP contribution in [0.5, 0.6) is 0 Å². The zero-order valence-electron chi connectivity index (χ0n) is 14.6. The number of hydrogen-bond donors (Lipinski definition) is 0. The van der Waals surface area contributed by atoms with Crippen LogP contribution >= 0.6 is 15.9 Å². The quantitative estimate of drug-likeness (QED) is 0.689. The van der Waals surface area contributed by atoms with Crippen molar-refractivity contribution in [3.63, 3.8) is 0 Å². The van der Waals surface area contributed by atoms with Crippen molar-refractivity contribution < 1.29 is 14.3 Å². The Kier molecular flexibility index (Phi) is 5.52. The number of esters is 1. The molecule has 0 aromatic heterocycles. The Balaban J connectivity index is 2.11. The molecule has 0 saturated carbocycles. The lowest BCUT2D eigenvalue weighted by molar-refractivity contribution is -0.136. The van der Waals surface area contributed by atoms with Crippen molar-refractivity contribution in [2.75, 3.05) is 11.6 Å². The molecule has 0 aliphatic carbocycles. The number of carbonyl (C=O) groups excluding carboxylic acids is 2. The van der Waals surface area contributed by atoms with Crippen LogP contribution in [0.4, 0.5) is 5.69 Å². The Morgan fingerprint density at radius 3 is 2.35 bits per heavy atom. The molecule has 2 aromatic carbocycles. The zero-order valence-corrected chi connectivity index (χ0v) is 16.1. The normalized spacial score (nSPS) is 19.2. The molecule has 0 saturated heterocycles. The van der Waals surface area contributed by atoms with Gasteiger partial charge in [-0.3, -0.25) is 9.80 Å². The maximum Gasteiger partial charge on any atom is 0.355 e. The second-order valence-corrected chi connectivity index (χ2v) is 6.89. The number of carbonyl (C=O) groups is 2. The SMILES string of the molecule is CCOC(=O)C1=NN(c2ccc(Br)cc2)C(c2ccccc2)C1C(C)=O. The van der Waals surface area contributed by atoms with Crippen molar-refractivity contribution in [2.24, 2.45) is 11.0 Å². The number of ether oxygens (including phenoxy) is 1. The summed E-state index contributed by atoms with van der Waals surface area (Å²) < 4.78 is 6.08. The van der Waals surface area contributed by atoms with Gasteiger partial charge in [0.15, 0.2) is 5.71 Å². The summed E-state index contributed by atoms with van der Waals surface area (Å²) in [5.74, 6) is -1.35. The van der Waals surface area contributed by atoms with Gasteiger partial charge in [0.05, 0.1) is 24.3 Å². The lowest BCUT2D eigenvalue weighted by Crippen LogP contribution is -2.33. The van der Waals surface area contributed by atoms with E-state index in [-0.39, 0.29) is 18.1 Å². The highest BCUT2D eigenvalue weighted by Gasteiger charge is 2.45. The van der Waals surface area contributed by atoms with E-state index in [2.05, 4.69) is 21.0 Å². The van der Waals surface area contributed by atoms with Gasteiger partial charge in [-0.2, -0.15) is 5.10 Å². The van der Waals surface area contributed by atoms with E-state index in [0.29, 0.717) is 0 Å². The number of ketones is 1. The Bertz CT molecular complexity index is 834. The van der Waals surface area contributed by atoms with Gasteiger partial charge in [-0.05, 0) is 43.7 Å². The summed E-state index contributed by atoms with van der Waals surface area (Å²) in [6.07, 6.45) is 0. The van der Waals surface area contributed by atoms with E-state index in [1.807, 2.05) is 54.6 Å². The number of nitrogens with zero attached hydrogens (tertiary/aromatic N) is 2. The minimum Gasteiger partial charge on any atom is -0.461 e. The minimum absolute atomic E-state index is 0.120. The summed E-state index contributed by atoms with van der Waals surface area (Å²) in [5.41, 5.74) is 1.86. The molecule has 2 aromatic rings. The summed E-state index contributed by atoms with van der Waals surface area (Å²) >= 11 is 3.42. The maximum atomic E-state index is 12.5. The number of benzene rings is 2. The van der Waals surface area contributed by atoms with E-state index in [4.69, 9.17) is 4.74 Å². The van der Waals surface area contributed by atoms with Crippen LogP contribution in [-0.4, -0.2) is 24.1 Å². The number of halogens is 1. The lowest BCUT2D eigenvalue weighted by Gasteiger charge is -2.27. The molecule has 2 unspecified atom stereocenters. The van der Waals surface area contributed by atoms with Gasteiger partial charge in [0.2, 0.25) is 0 Å². The molecule has 134 valence electrons. The second kappa shape index (κ2) is 7.83. The fourth-order valence-corrected chi connectivity index (χ4v) is 3.38. The summed E-state index contributed by atoms with van der Waals surface area (Å²) in [7, 11) is 0. The molecule has 1 aliphatic rings. The summed E-state index contributed by atoms with van der Waals surface area (Å²) in [6.45, 7) is 3.45. The predicted molar refractivity (Wildman–Crippen MR) is 104 cm³/mol. The molecular formula is C20H19BrN2O3. The molecule has 5 nitrogen and oxygen atoms in total. The molecule has 2 atom stereocenters. The van der Waals surface area contributed by atoms with E-state index in [1.54, 1.807) is 11.9 Å². The fourth-order valence-electron chi connectivity index (χ4n) is 3.11. The number of hydrogen-bond acceptors (Lipinski definition) is 5. The molecule has 1 aliphatic heterocycles. The Morgan fingerprint density at radius 1 is 1.12 bits per heavy atom. The van der Waals surface area contributed by atoms with Crippen molar-refractivity contribution in [3.05, 3.63) is 64.6 Å². The van der Waals surface area contributed by atoms with Gasteiger partial charge < -0.3 is 4.74 Å². The molecule has 0 N–H and O–H groups in total. The van der Waals surface area contributed by atoms with E-state index in [0.717, 1.165) is 15.7 Å². The first-order chi connectivity index (χ1) is 12.5. The molecule has 0 bridgehead atoms. The zero-order chi connectivity index (χ0) is 18.7. The summed E-state index contributed by atoms with van der Waals surface area (Å²) in [4.78, 5) is 24.9. The molecule has 26 heavy (non-hydrogen) atoms. The topological polar surface area (TPSA) is 59.0 Å². The highest BCUT2D eigenvalue weighted by molar-refractivity contribution is 9.10. The molecule has 0 fully saturated rings. The third-order valence-electron chi connectivity index (χ3n) is 4.24. The largest absolute Gasteiger partial charge is 0.461 e. The van der Waals surface area contributed by atoms with Crippen LogP contribution in [0.25, 0.3) is 0 Å². The van der Waals surface area contributed by atoms with Crippen LogP contribution in [-0.2, 0) is 14.3 Å². The number of anilines is 1. The van der Waals surface area contributed by atoms with Crippen molar-refractivity contribution in [1.82, 2.24) is 0 Å².